The summed E-state index contributed by atoms with van der Waals surface area (Å²) in [5, 5.41) is 17.1. The Bertz CT molecular complexity index is 508. The molecular formula is C12H15N3O3. The predicted octanol–water partition coefficient (Wildman–Crippen LogP) is 0.915. The fourth-order valence-corrected chi connectivity index (χ4v) is 1.67. The summed E-state index contributed by atoms with van der Waals surface area (Å²) in [5.41, 5.74) is 2.10. The molecule has 0 fully saturated rings. The zero-order valence-electron chi connectivity index (χ0n) is 10.3. The third-order valence-electron chi connectivity index (χ3n) is 2.59. The smallest absolute Gasteiger partial charge is 0.119 e. The van der Waals surface area contributed by atoms with E-state index in [1.54, 1.807) is 18.9 Å². The lowest BCUT2D eigenvalue weighted by atomic mass is 10.2. The summed E-state index contributed by atoms with van der Waals surface area (Å²) in [5.74, 6) is 0.773. The van der Waals surface area contributed by atoms with Gasteiger partial charge >= 0.3 is 0 Å². The van der Waals surface area contributed by atoms with Crippen molar-refractivity contribution in [3.05, 3.63) is 35.7 Å². The Morgan fingerprint density at radius 3 is 2.50 bits per heavy atom. The third-order valence-corrected chi connectivity index (χ3v) is 2.59. The Labute approximate surface area is 105 Å². The van der Waals surface area contributed by atoms with Crippen LogP contribution < -0.4 is 4.74 Å². The van der Waals surface area contributed by atoms with Gasteiger partial charge in [-0.2, -0.15) is 0 Å². The quantitative estimate of drug-likeness (QED) is 0.853. The Morgan fingerprint density at radius 2 is 1.94 bits per heavy atom. The molecular weight excluding hydrogens is 234 g/mol. The van der Waals surface area contributed by atoms with E-state index in [0.717, 1.165) is 17.1 Å². The van der Waals surface area contributed by atoms with Gasteiger partial charge in [-0.1, -0.05) is 5.21 Å². The Morgan fingerprint density at radius 1 is 1.22 bits per heavy atom. The topological polar surface area (TPSA) is 69.4 Å². The molecule has 0 saturated heterocycles. The van der Waals surface area contributed by atoms with Crippen LogP contribution in [0.3, 0.4) is 0 Å². The highest BCUT2D eigenvalue weighted by molar-refractivity contribution is 5.38. The average molecular weight is 249 g/mol. The van der Waals surface area contributed by atoms with Crippen molar-refractivity contribution in [2.24, 2.45) is 0 Å². The molecule has 0 aliphatic heterocycles. The predicted molar refractivity (Wildman–Crippen MR) is 64.5 cm³/mol. The van der Waals surface area contributed by atoms with Crippen molar-refractivity contribution in [2.75, 3.05) is 14.2 Å². The number of aliphatic hydroxyl groups excluding tert-OH is 1. The first-order chi connectivity index (χ1) is 8.80. The van der Waals surface area contributed by atoms with Crippen LogP contribution in [0.15, 0.2) is 24.3 Å². The van der Waals surface area contributed by atoms with Crippen LogP contribution in [-0.4, -0.2) is 34.3 Å². The number of hydrogen-bond donors (Lipinski definition) is 1. The van der Waals surface area contributed by atoms with Crippen LogP contribution in [0.1, 0.15) is 11.4 Å². The van der Waals surface area contributed by atoms with Crippen molar-refractivity contribution < 1.29 is 14.6 Å². The maximum absolute atomic E-state index is 9.20. The number of aliphatic hydroxyl groups is 1. The number of nitrogens with zero attached hydrogens (tertiary/aromatic N) is 3. The van der Waals surface area contributed by atoms with Gasteiger partial charge in [0, 0.05) is 7.11 Å². The van der Waals surface area contributed by atoms with E-state index in [1.807, 2.05) is 24.3 Å². The first kappa shape index (κ1) is 12.5. The molecule has 2 rings (SSSR count). The van der Waals surface area contributed by atoms with E-state index in [2.05, 4.69) is 10.3 Å². The second-order valence-electron chi connectivity index (χ2n) is 3.68. The summed E-state index contributed by atoms with van der Waals surface area (Å²) in [6, 6.07) is 7.42. The van der Waals surface area contributed by atoms with Crippen LogP contribution in [0.5, 0.6) is 5.75 Å². The van der Waals surface area contributed by atoms with Crippen LogP contribution >= 0.6 is 0 Å². The lowest BCUT2D eigenvalue weighted by molar-refractivity contribution is 0.175. The summed E-state index contributed by atoms with van der Waals surface area (Å²) >= 11 is 0. The van der Waals surface area contributed by atoms with Gasteiger partial charge in [-0.3, -0.25) is 0 Å². The summed E-state index contributed by atoms with van der Waals surface area (Å²) < 4.78 is 11.8. The number of hydrogen-bond acceptors (Lipinski definition) is 5. The molecule has 6 heteroatoms. The maximum atomic E-state index is 9.20. The molecule has 6 nitrogen and oxygen atoms in total. The molecule has 0 amide bonds. The Hall–Kier alpha value is -1.92. The maximum Gasteiger partial charge on any atom is 0.119 e. The summed E-state index contributed by atoms with van der Waals surface area (Å²) in [4.78, 5) is 0. The van der Waals surface area contributed by atoms with E-state index in [9.17, 15) is 5.11 Å². The van der Waals surface area contributed by atoms with Gasteiger partial charge in [-0.25, -0.2) is 4.68 Å². The van der Waals surface area contributed by atoms with Crippen molar-refractivity contribution in [2.45, 2.75) is 13.2 Å². The molecule has 0 aliphatic carbocycles. The highest BCUT2D eigenvalue weighted by Gasteiger charge is 2.13. The number of rotatable bonds is 5. The van der Waals surface area contributed by atoms with E-state index in [-0.39, 0.29) is 6.61 Å². The molecule has 1 aromatic heterocycles. The largest absolute Gasteiger partial charge is 0.497 e. The van der Waals surface area contributed by atoms with Crippen LogP contribution in [0.4, 0.5) is 0 Å². The molecule has 0 unspecified atom stereocenters. The third kappa shape index (κ3) is 2.34. The van der Waals surface area contributed by atoms with Crippen LogP contribution in [0.25, 0.3) is 5.69 Å². The highest BCUT2D eigenvalue weighted by Crippen LogP contribution is 2.17. The second kappa shape index (κ2) is 5.61. The molecule has 0 aliphatic rings. The first-order valence-electron chi connectivity index (χ1n) is 5.47. The SMILES string of the molecule is COCc1c(CO)nnn1-c1ccc(OC)cc1. The number of methoxy groups -OCH3 is 2. The van der Waals surface area contributed by atoms with Gasteiger partial charge in [0.2, 0.25) is 0 Å². The number of benzene rings is 1. The standard InChI is InChI=1S/C12H15N3O3/c1-17-8-12-11(7-16)13-14-15(12)9-3-5-10(18-2)6-4-9/h3-6,16H,7-8H2,1-2H3. The minimum absolute atomic E-state index is 0.158. The molecule has 0 radical (unpaired) electrons. The highest BCUT2D eigenvalue weighted by atomic mass is 16.5. The molecule has 2 aromatic rings. The molecule has 1 aromatic carbocycles. The van der Waals surface area contributed by atoms with Crippen LogP contribution in [0, 0.1) is 0 Å². The lowest BCUT2D eigenvalue weighted by Crippen LogP contribution is -2.05. The summed E-state index contributed by atoms with van der Waals surface area (Å²) in [6.07, 6.45) is 0. The zero-order chi connectivity index (χ0) is 13.0. The molecule has 1 N–H and O–H groups in total. The molecule has 0 saturated carbocycles. The fourth-order valence-electron chi connectivity index (χ4n) is 1.67. The van der Waals surface area contributed by atoms with Gasteiger partial charge in [0.1, 0.15) is 11.4 Å². The van der Waals surface area contributed by atoms with Crippen molar-refractivity contribution in [1.29, 1.82) is 0 Å². The fraction of sp³-hybridized carbons (Fsp3) is 0.333. The van der Waals surface area contributed by atoms with E-state index < -0.39 is 0 Å². The molecule has 96 valence electrons. The number of aromatic nitrogens is 3. The normalized spacial score (nSPS) is 10.6. The van der Waals surface area contributed by atoms with Crippen molar-refractivity contribution in [3.8, 4) is 11.4 Å². The number of ether oxygens (including phenoxy) is 2. The minimum Gasteiger partial charge on any atom is -0.497 e. The minimum atomic E-state index is -0.158. The molecule has 1 heterocycles. The molecule has 0 atom stereocenters. The van der Waals surface area contributed by atoms with E-state index >= 15 is 0 Å². The Balaban J connectivity index is 2.39. The van der Waals surface area contributed by atoms with Crippen LogP contribution in [0.2, 0.25) is 0 Å². The average Bonchev–Trinajstić information content (AvgIpc) is 2.82. The lowest BCUT2D eigenvalue weighted by Gasteiger charge is -2.07. The van der Waals surface area contributed by atoms with E-state index in [4.69, 9.17) is 9.47 Å². The van der Waals surface area contributed by atoms with Crippen molar-refractivity contribution >= 4 is 0 Å². The Kier molecular flexibility index (Phi) is 3.91. The summed E-state index contributed by atoms with van der Waals surface area (Å²) in [6.45, 7) is 0.184. The molecule has 0 bridgehead atoms. The van der Waals surface area contributed by atoms with Gasteiger partial charge in [0.15, 0.2) is 0 Å². The zero-order valence-corrected chi connectivity index (χ0v) is 10.3. The van der Waals surface area contributed by atoms with Crippen LogP contribution in [-0.2, 0) is 18.0 Å². The van der Waals surface area contributed by atoms with E-state index in [1.165, 1.54) is 0 Å². The van der Waals surface area contributed by atoms with Crippen molar-refractivity contribution in [1.82, 2.24) is 15.0 Å². The van der Waals surface area contributed by atoms with Gasteiger partial charge < -0.3 is 14.6 Å². The van der Waals surface area contributed by atoms with Gasteiger partial charge in [0.05, 0.1) is 31.7 Å². The monoisotopic (exact) mass is 249 g/mol. The first-order valence-corrected chi connectivity index (χ1v) is 5.47. The van der Waals surface area contributed by atoms with E-state index in [0.29, 0.717) is 12.3 Å². The van der Waals surface area contributed by atoms with Gasteiger partial charge in [0.25, 0.3) is 0 Å². The summed E-state index contributed by atoms with van der Waals surface area (Å²) in [7, 11) is 3.21. The molecule has 18 heavy (non-hydrogen) atoms. The second-order valence-corrected chi connectivity index (χ2v) is 3.68. The van der Waals surface area contributed by atoms with Gasteiger partial charge in [-0.15, -0.1) is 5.10 Å². The van der Waals surface area contributed by atoms with Crippen molar-refractivity contribution in [3.63, 3.8) is 0 Å². The molecule has 0 spiro atoms. The van der Waals surface area contributed by atoms with Gasteiger partial charge in [-0.05, 0) is 24.3 Å².